The monoisotopic (exact) mass is 429 g/mol. The number of aliphatic carboxylic acids is 1. The van der Waals surface area contributed by atoms with Crippen LogP contribution in [0, 0.1) is 17.3 Å². The number of aromatic nitrogens is 2. The van der Waals surface area contributed by atoms with Crippen molar-refractivity contribution < 1.29 is 15.0 Å². The molecule has 7 nitrogen and oxygen atoms in total. The van der Waals surface area contributed by atoms with E-state index >= 15 is 0 Å². The Morgan fingerprint density at radius 3 is 2.50 bits per heavy atom. The van der Waals surface area contributed by atoms with E-state index in [9.17, 15) is 19.8 Å². The van der Waals surface area contributed by atoms with Crippen LogP contribution in [0.1, 0.15) is 44.9 Å². The molecule has 4 fully saturated rings. The number of hydrogen-bond acceptors (Lipinski definition) is 5. The van der Waals surface area contributed by atoms with Gasteiger partial charge in [-0.2, -0.15) is 5.10 Å². The van der Waals surface area contributed by atoms with Crippen LogP contribution < -0.4 is 10.9 Å². The zero-order chi connectivity index (χ0) is 21.1. The first-order valence-electron chi connectivity index (χ1n) is 10.3. The minimum absolute atomic E-state index is 0.0705. The molecule has 4 bridgehead atoms. The lowest BCUT2D eigenvalue weighted by molar-refractivity contribution is -0.151. The van der Waals surface area contributed by atoms with Crippen LogP contribution in [0.3, 0.4) is 0 Å². The van der Waals surface area contributed by atoms with Crippen LogP contribution in [-0.2, 0) is 10.3 Å². The minimum atomic E-state index is -0.765. The molecule has 2 atom stereocenters. The molecule has 0 spiro atoms. The lowest BCUT2D eigenvalue weighted by Crippen LogP contribution is -2.59. The number of halogens is 1. The van der Waals surface area contributed by atoms with Gasteiger partial charge in [-0.3, -0.25) is 9.59 Å². The smallest absolute Gasteiger partial charge is 0.303 e. The number of nitrogens with zero attached hydrogens (tertiary/aromatic N) is 2. The van der Waals surface area contributed by atoms with Crippen molar-refractivity contribution in [1.82, 2.24) is 9.78 Å². The van der Waals surface area contributed by atoms with E-state index in [2.05, 4.69) is 10.4 Å². The standard InChI is InChI=1S/C22H24ClN3O4/c23-19-17(25-15-1-3-16(27)4-2-15)11-24-26(20(19)30)22-8-13-5-14(9-22)7-21(6-13,12-22)10-18(28)29/h1-4,11,13-14,25,27H,5-10,12H2,(H,28,29)/t13-,14-,21?,22?/m0/s1. The predicted molar refractivity (Wildman–Crippen MR) is 112 cm³/mol. The lowest BCUT2D eigenvalue weighted by Gasteiger charge is -2.61. The van der Waals surface area contributed by atoms with Crippen molar-refractivity contribution in [3.63, 3.8) is 0 Å². The van der Waals surface area contributed by atoms with Crippen LogP contribution in [0.5, 0.6) is 5.75 Å². The minimum Gasteiger partial charge on any atom is -0.508 e. The van der Waals surface area contributed by atoms with E-state index in [-0.39, 0.29) is 28.2 Å². The van der Waals surface area contributed by atoms with E-state index in [1.807, 2.05) is 0 Å². The molecule has 0 saturated heterocycles. The van der Waals surface area contributed by atoms with Crippen LogP contribution in [0.4, 0.5) is 11.4 Å². The molecule has 0 unspecified atom stereocenters. The Morgan fingerprint density at radius 1 is 1.20 bits per heavy atom. The van der Waals surface area contributed by atoms with Gasteiger partial charge in [-0.1, -0.05) is 11.6 Å². The number of benzene rings is 1. The average Bonchev–Trinajstić information content (AvgIpc) is 2.65. The molecule has 0 aliphatic heterocycles. The highest BCUT2D eigenvalue weighted by Crippen LogP contribution is 2.65. The van der Waals surface area contributed by atoms with Crippen LogP contribution in [0.25, 0.3) is 0 Å². The van der Waals surface area contributed by atoms with Crippen molar-refractivity contribution in [2.75, 3.05) is 5.32 Å². The third-order valence-electron chi connectivity index (χ3n) is 7.19. The summed E-state index contributed by atoms with van der Waals surface area (Å²) in [7, 11) is 0. The second kappa shape index (κ2) is 6.74. The molecule has 8 heteroatoms. The molecule has 30 heavy (non-hydrogen) atoms. The normalized spacial score (nSPS) is 31.6. The highest BCUT2D eigenvalue weighted by Gasteiger charge is 2.59. The largest absolute Gasteiger partial charge is 0.508 e. The van der Waals surface area contributed by atoms with Crippen molar-refractivity contribution in [2.45, 2.75) is 50.5 Å². The molecular formula is C22H24ClN3O4. The van der Waals surface area contributed by atoms with Crippen LogP contribution >= 0.6 is 11.6 Å². The third kappa shape index (κ3) is 3.16. The van der Waals surface area contributed by atoms with E-state index in [1.165, 1.54) is 0 Å². The molecule has 6 rings (SSSR count). The summed E-state index contributed by atoms with van der Waals surface area (Å²) in [5.41, 5.74) is 0.0642. The van der Waals surface area contributed by atoms with Gasteiger partial charge in [0, 0.05) is 5.69 Å². The SMILES string of the molecule is O=C(O)CC12C[C@@H]3C[C@@H](C1)CC(n1ncc(Nc4ccc(O)cc4)c(Cl)c1=O)(C3)C2. The van der Waals surface area contributed by atoms with E-state index in [1.54, 1.807) is 35.1 Å². The molecule has 1 aromatic heterocycles. The summed E-state index contributed by atoms with van der Waals surface area (Å²) in [6.07, 6.45) is 7.10. The molecule has 3 N–H and O–H groups in total. The van der Waals surface area contributed by atoms with Gasteiger partial charge in [-0.15, -0.1) is 0 Å². The Labute approximate surface area is 178 Å². The van der Waals surface area contributed by atoms with Crippen molar-refractivity contribution in [3.05, 3.63) is 45.8 Å². The number of carboxylic acid groups (broad SMARTS) is 1. The molecule has 2 aromatic rings. The molecule has 0 amide bonds. The summed E-state index contributed by atoms with van der Waals surface area (Å²) in [5, 5.41) is 26.6. The molecule has 0 radical (unpaired) electrons. The molecule has 1 aromatic carbocycles. The molecule has 4 aliphatic rings. The highest BCUT2D eigenvalue weighted by molar-refractivity contribution is 6.33. The zero-order valence-electron chi connectivity index (χ0n) is 16.5. The number of aromatic hydroxyl groups is 1. The van der Waals surface area contributed by atoms with Crippen LogP contribution in [0.15, 0.2) is 35.3 Å². The topological polar surface area (TPSA) is 104 Å². The van der Waals surface area contributed by atoms with Gasteiger partial charge in [-0.25, -0.2) is 4.68 Å². The zero-order valence-corrected chi connectivity index (χ0v) is 17.2. The van der Waals surface area contributed by atoms with Crippen molar-refractivity contribution in [2.24, 2.45) is 17.3 Å². The number of phenolic OH excluding ortho intramolecular Hbond substituents is 1. The second-order valence-corrected chi connectivity index (χ2v) is 9.89. The van der Waals surface area contributed by atoms with Crippen LogP contribution in [-0.4, -0.2) is 26.0 Å². The maximum Gasteiger partial charge on any atom is 0.303 e. The van der Waals surface area contributed by atoms with Crippen molar-refractivity contribution in [1.29, 1.82) is 0 Å². The maximum absolute atomic E-state index is 13.2. The first-order chi connectivity index (χ1) is 14.3. The molecular weight excluding hydrogens is 406 g/mol. The molecule has 158 valence electrons. The summed E-state index contributed by atoms with van der Waals surface area (Å²) < 4.78 is 1.55. The van der Waals surface area contributed by atoms with E-state index in [0.717, 1.165) is 32.1 Å². The van der Waals surface area contributed by atoms with E-state index in [0.29, 0.717) is 29.6 Å². The predicted octanol–water partition coefficient (Wildman–Crippen LogP) is 4.12. The van der Waals surface area contributed by atoms with Gasteiger partial charge in [0.05, 0.1) is 23.8 Å². The number of phenols is 1. The number of carboxylic acids is 1. The number of carbonyl (C=O) groups is 1. The first-order valence-corrected chi connectivity index (χ1v) is 10.7. The van der Waals surface area contributed by atoms with Crippen molar-refractivity contribution in [3.8, 4) is 5.75 Å². The Morgan fingerprint density at radius 2 is 1.87 bits per heavy atom. The summed E-state index contributed by atoms with van der Waals surface area (Å²) >= 11 is 6.46. The van der Waals surface area contributed by atoms with Gasteiger partial charge in [0.1, 0.15) is 10.8 Å². The third-order valence-corrected chi connectivity index (χ3v) is 7.56. The Kier molecular flexibility index (Phi) is 4.36. The fourth-order valence-corrected chi connectivity index (χ4v) is 6.91. The number of hydrogen-bond donors (Lipinski definition) is 3. The highest BCUT2D eigenvalue weighted by atomic mass is 35.5. The molecule has 4 aliphatic carbocycles. The van der Waals surface area contributed by atoms with Gasteiger partial charge in [0.25, 0.3) is 5.56 Å². The Bertz CT molecular complexity index is 1050. The van der Waals surface area contributed by atoms with Gasteiger partial charge < -0.3 is 15.5 Å². The summed E-state index contributed by atoms with van der Waals surface area (Å²) in [6.45, 7) is 0. The lowest BCUT2D eigenvalue weighted by atomic mass is 9.46. The molecule has 4 saturated carbocycles. The summed E-state index contributed by atoms with van der Waals surface area (Å²) in [5.74, 6) is 0.261. The number of anilines is 2. The Hall–Kier alpha value is -2.54. The average molecular weight is 430 g/mol. The fraction of sp³-hybridized carbons (Fsp3) is 0.500. The second-order valence-electron chi connectivity index (χ2n) is 9.52. The van der Waals surface area contributed by atoms with Gasteiger partial charge >= 0.3 is 5.97 Å². The summed E-state index contributed by atoms with van der Waals surface area (Å²) in [4.78, 5) is 24.8. The quantitative estimate of drug-likeness (QED) is 0.617. The number of rotatable bonds is 5. The summed E-state index contributed by atoms with van der Waals surface area (Å²) in [6, 6.07) is 6.46. The van der Waals surface area contributed by atoms with E-state index < -0.39 is 11.5 Å². The van der Waals surface area contributed by atoms with Crippen molar-refractivity contribution >= 4 is 28.9 Å². The van der Waals surface area contributed by atoms with Crippen LogP contribution in [0.2, 0.25) is 5.02 Å². The maximum atomic E-state index is 13.2. The molecule has 1 heterocycles. The first kappa shape index (κ1) is 19.4. The van der Waals surface area contributed by atoms with E-state index in [4.69, 9.17) is 11.6 Å². The fourth-order valence-electron chi connectivity index (χ4n) is 6.74. The van der Waals surface area contributed by atoms with Gasteiger partial charge in [0.15, 0.2) is 0 Å². The number of nitrogens with one attached hydrogen (secondary N) is 1. The van der Waals surface area contributed by atoms with Gasteiger partial charge in [-0.05, 0) is 80.0 Å². The Balaban J connectivity index is 1.50. The van der Waals surface area contributed by atoms with Gasteiger partial charge in [0.2, 0.25) is 0 Å².